The zero-order valence-corrected chi connectivity index (χ0v) is 15.9. The first kappa shape index (κ1) is 21.6. The zero-order valence-electron chi connectivity index (χ0n) is 15.9. The van der Waals surface area contributed by atoms with Gasteiger partial charge in [0.2, 0.25) is 0 Å². The van der Waals surface area contributed by atoms with Gasteiger partial charge in [0.15, 0.2) is 0 Å². The summed E-state index contributed by atoms with van der Waals surface area (Å²) < 4.78 is 20.7. The summed E-state index contributed by atoms with van der Waals surface area (Å²) in [5.74, 6) is -0.826. The number of carbonyl (C=O) groups excluding carboxylic acids is 2. The van der Waals surface area contributed by atoms with Crippen LogP contribution in [-0.4, -0.2) is 57.7 Å². The molecule has 28 heavy (non-hydrogen) atoms. The van der Waals surface area contributed by atoms with Crippen molar-refractivity contribution in [3.63, 3.8) is 0 Å². The first-order valence-electron chi connectivity index (χ1n) is 8.77. The second-order valence-electron chi connectivity index (χ2n) is 5.81. The van der Waals surface area contributed by atoms with Crippen LogP contribution in [0.1, 0.15) is 37.9 Å². The average molecular weight is 388 g/mol. The number of esters is 2. The predicted molar refractivity (Wildman–Crippen MR) is 101 cm³/mol. The third kappa shape index (κ3) is 5.88. The van der Waals surface area contributed by atoms with E-state index >= 15 is 0 Å². The van der Waals surface area contributed by atoms with Crippen LogP contribution in [0.25, 0.3) is 0 Å². The van der Waals surface area contributed by atoms with Gasteiger partial charge in [-0.1, -0.05) is 24.3 Å². The Morgan fingerprint density at radius 2 is 1.25 bits per heavy atom. The van der Waals surface area contributed by atoms with Gasteiger partial charge in [-0.2, -0.15) is 0 Å². The molecule has 2 aromatic rings. The Bertz CT molecular complexity index is 694. The summed E-state index contributed by atoms with van der Waals surface area (Å²) in [5.41, 5.74) is 2.55. The Morgan fingerprint density at radius 1 is 0.786 bits per heavy atom. The summed E-state index contributed by atoms with van der Waals surface area (Å²) in [6, 6.07) is 13.8. The van der Waals surface area contributed by atoms with Crippen molar-refractivity contribution in [2.45, 2.75) is 6.10 Å². The molecule has 0 aliphatic carbocycles. The van der Waals surface area contributed by atoms with Crippen LogP contribution in [0.5, 0.6) is 0 Å². The normalized spacial score (nSPS) is 10.7. The highest BCUT2D eigenvalue weighted by atomic mass is 16.5. The van der Waals surface area contributed by atoms with Gasteiger partial charge in [0.05, 0.1) is 51.8 Å². The van der Waals surface area contributed by atoms with Crippen molar-refractivity contribution in [2.24, 2.45) is 0 Å². The number of aliphatic hydroxyl groups excluding tert-OH is 1. The molecule has 0 heterocycles. The fourth-order valence-corrected chi connectivity index (χ4v) is 2.60. The molecule has 0 unspecified atom stereocenters. The fraction of sp³-hybridized carbons (Fsp3) is 0.333. The second-order valence-corrected chi connectivity index (χ2v) is 5.81. The number of carbonyl (C=O) groups is 2. The molecule has 0 aliphatic rings. The Labute approximate surface area is 163 Å². The first-order chi connectivity index (χ1) is 13.6. The molecule has 0 saturated carbocycles. The molecule has 150 valence electrons. The lowest BCUT2D eigenvalue weighted by atomic mass is 9.99. The van der Waals surface area contributed by atoms with E-state index in [1.807, 2.05) is 0 Å². The average Bonchev–Trinajstić information content (AvgIpc) is 2.75. The predicted octanol–water partition coefficient (Wildman–Crippen LogP) is 2.37. The number of hydrogen-bond acceptors (Lipinski definition) is 7. The number of aliphatic hydroxyl groups is 1. The van der Waals surface area contributed by atoms with Crippen molar-refractivity contribution < 1.29 is 33.6 Å². The molecule has 0 radical (unpaired) electrons. The van der Waals surface area contributed by atoms with Crippen molar-refractivity contribution >= 4 is 11.9 Å². The molecule has 1 N–H and O–H groups in total. The van der Waals surface area contributed by atoms with E-state index in [1.165, 1.54) is 14.2 Å². The smallest absolute Gasteiger partial charge is 0.337 e. The van der Waals surface area contributed by atoms with E-state index in [-0.39, 0.29) is 13.2 Å². The zero-order chi connectivity index (χ0) is 20.4. The highest BCUT2D eigenvalue weighted by Crippen LogP contribution is 2.27. The first-order valence-corrected chi connectivity index (χ1v) is 8.77. The van der Waals surface area contributed by atoms with Crippen molar-refractivity contribution in [3.8, 4) is 0 Å². The van der Waals surface area contributed by atoms with Gasteiger partial charge in [0.25, 0.3) is 0 Å². The summed E-state index contributed by atoms with van der Waals surface area (Å²) in [6.07, 6.45) is -0.420. The maximum Gasteiger partial charge on any atom is 0.337 e. The maximum absolute atomic E-state index is 11.6. The van der Waals surface area contributed by atoms with Gasteiger partial charge in [-0.05, 0) is 35.4 Å². The van der Waals surface area contributed by atoms with Crippen molar-refractivity contribution in [3.05, 3.63) is 70.8 Å². The molecule has 2 aromatic carbocycles. The lowest BCUT2D eigenvalue weighted by Crippen LogP contribution is -2.13. The molecule has 2 rings (SSSR count). The van der Waals surface area contributed by atoms with Gasteiger partial charge in [-0.25, -0.2) is 9.59 Å². The number of rotatable bonds is 10. The number of methoxy groups -OCH3 is 2. The van der Waals surface area contributed by atoms with Crippen LogP contribution in [0, 0.1) is 0 Å². The monoisotopic (exact) mass is 388 g/mol. The van der Waals surface area contributed by atoms with E-state index in [4.69, 9.17) is 24.1 Å². The molecule has 7 nitrogen and oxygen atoms in total. The third-order valence-corrected chi connectivity index (χ3v) is 4.02. The molecule has 0 aliphatic heterocycles. The number of hydrogen-bond donors (Lipinski definition) is 1. The second kappa shape index (κ2) is 11.2. The van der Waals surface area contributed by atoms with Crippen LogP contribution in [0.2, 0.25) is 0 Å². The molecule has 0 spiro atoms. The largest absolute Gasteiger partial charge is 0.465 e. The van der Waals surface area contributed by atoms with Gasteiger partial charge in [0.1, 0.15) is 6.10 Å². The van der Waals surface area contributed by atoms with Crippen LogP contribution in [0.3, 0.4) is 0 Å². The van der Waals surface area contributed by atoms with Gasteiger partial charge in [-0.15, -0.1) is 0 Å². The Hall–Kier alpha value is -2.74. The molecule has 0 amide bonds. The lowest BCUT2D eigenvalue weighted by molar-refractivity contribution is 0.0104. The summed E-state index contributed by atoms with van der Waals surface area (Å²) in [6.45, 7) is 0.836. The van der Waals surface area contributed by atoms with Crippen LogP contribution in [0.15, 0.2) is 48.5 Å². The third-order valence-electron chi connectivity index (χ3n) is 4.02. The van der Waals surface area contributed by atoms with Gasteiger partial charge in [-0.3, -0.25) is 0 Å². The molecule has 0 atom stereocenters. The van der Waals surface area contributed by atoms with Crippen molar-refractivity contribution in [2.75, 3.05) is 40.6 Å². The molecule has 0 fully saturated rings. The maximum atomic E-state index is 11.6. The van der Waals surface area contributed by atoms with Gasteiger partial charge in [0, 0.05) is 0 Å². The Kier molecular flexibility index (Phi) is 8.61. The van der Waals surface area contributed by atoms with E-state index < -0.39 is 18.0 Å². The lowest BCUT2D eigenvalue weighted by Gasteiger charge is -2.19. The van der Waals surface area contributed by atoms with Crippen LogP contribution in [-0.2, 0) is 18.9 Å². The van der Waals surface area contributed by atoms with E-state index in [1.54, 1.807) is 48.5 Å². The van der Waals surface area contributed by atoms with E-state index in [2.05, 4.69) is 0 Å². The Balaban J connectivity index is 2.21. The molecule has 7 heteroatoms. The van der Waals surface area contributed by atoms with E-state index in [0.717, 1.165) is 11.1 Å². The van der Waals surface area contributed by atoms with Crippen LogP contribution >= 0.6 is 0 Å². The molecular weight excluding hydrogens is 364 g/mol. The quantitative estimate of drug-likeness (QED) is 0.493. The summed E-state index contributed by atoms with van der Waals surface area (Å²) >= 11 is 0. The number of benzene rings is 2. The van der Waals surface area contributed by atoms with Crippen LogP contribution in [0.4, 0.5) is 0 Å². The van der Waals surface area contributed by atoms with Crippen LogP contribution < -0.4 is 0 Å². The summed E-state index contributed by atoms with van der Waals surface area (Å²) in [4.78, 5) is 23.3. The van der Waals surface area contributed by atoms with Crippen molar-refractivity contribution in [1.82, 2.24) is 0 Å². The minimum absolute atomic E-state index is 0.0482. The summed E-state index contributed by atoms with van der Waals surface area (Å²) in [5, 5.41) is 8.77. The molecule has 0 saturated heterocycles. The molecule has 0 aromatic heterocycles. The minimum atomic E-state index is -0.420. The molecular formula is C21H24O7. The summed E-state index contributed by atoms with van der Waals surface area (Å²) in [7, 11) is 2.66. The topological polar surface area (TPSA) is 91.3 Å². The number of ether oxygens (including phenoxy) is 4. The van der Waals surface area contributed by atoms with Crippen molar-refractivity contribution in [1.29, 1.82) is 0 Å². The van der Waals surface area contributed by atoms with E-state index in [0.29, 0.717) is 24.3 Å². The standard InChI is InChI=1S/C21H24O7/c1-25-20(23)17-7-3-15(4-8-17)19(28-14-13-27-12-11-22)16-5-9-18(10-6-16)21(24)26-2/h3-10,19,22H,11-14H2,1-2H3. The van der Waals surface area contributed by atoms with Gasteiger partial charge < -0.3 is 24.1 Å². The SMILES string of the molecule is COC(=O)c1ccc(C(OCCOCCO)c2ccc(C(=O)OC)cc2)cc1. The minimum Gasteiger partial charge on any atom is -0.465 e. The molecule has 0 bridgehead atoms. The fourth-order valence-electron chi connectivity index (χ4n) is 2.60. The highest BCUT2D eigenvalue weighted by molar-refractivity contribution is 5.89. The Morgan fingerprint density at radius 3 is 1.64 bits per heavy atom. The van der Waals surface area contributed by atoms with E-state index in [9.17, 15) is 9.59 Å². The highest BCUT2D eigenvalue weighted by Gasteiger charge is 2.17. The van der Waals surface area contributed by atoms with Gasteiger partial charge >= 0.3 is 11.9 Å².